The molecule has 0 aromatic heterocycles. The van der Waals surface area contributed by atoms with Gasteiger partial charge in [-0.3, -0.25) is 0 Å². The molecule has 0 aliphatic rings. The van der Waals surface area contributed by atoms with Crippen molar-refractivity contribution >= 4 is 0 Å². The molecule has 2 rings (SSSR count). The summed E-state index contributed by atoms with van der Waals surface area (Å²) in [6.45, 7) is 6.93. The maximum atomic E-state index is 14.1. The van der Waals surface area contributed by atoms with Crippen LogP contribution in [-0.4, -0.2) is 6.54 Å². The summed E-state index contributed by atoms with van der Waals surface area (Å²) in [6.07, 6.45) is 0. The summed E-state index contributed by atoms with van der Waals surface area (Å²) < 4.78 is 28.1. The maximum absolute atomic E-state index is 14.1. The van der Waals surface area contributed by atoms with E-state index in [-0.39, 0.29) is 11.6 Å². The molecule has 0 amide bonds. The van der Waals surface area contributed by atoms with Crippen LogP contribution in [0.15, 0.2) is 30.3 Å². The summed E-state index contributed by atoms with van der Waals surface area (Å²) in [4.78, 5) is 0. The smallest absolute Gasteiger partial charge is 0.131 e. The third kappa shape index (κ3) is 3.05. The first-order valence-corrected chi connectivity index (χ1v) is 6.79. The number of aryl methyl sites for hydroxylation is 2. The summed E-state index contributed by atoms with van der Waals surface area (Å²) >= 11 is 0. The van der Waals surface area contributed by atoms with Crippen LogP contribution in [0.25, 0.3) is 11.1 Å². The van der Waals surface area contributed by atoms with Crippen molar-refractivity contribution in [1.82, 2.24) is 5.32 Å². The zero-order chi connectivity index (χ0) is 14.7. The van der Waals surface area contributed by atoms with E-state index in [1.165, 1.54) is 12.1 Å². The van der Waals surface area contributed by atoms with Gasteiger partial charge in [-0.15, -0.1) is 0 Å². The highest BCUT2D eigenvalue weighted by atomic mass is 19.1. The van der Waals surface area contributed by atoms with Crippen molar-refractivity contribution in [2.45, 2.75) is 27.3 Å². The van der Waals surface area contributed by atoms with Crippen molar-refractivity contribution in [2.75, 3.05) is 6.54 Å². The monoisotopic (exact) mass is 275 g/mol. The quantitative estimate of drug-likeness (QED) is 0.874. The molecule has 20 heavy (non-hydrogen) atoms. The third-order valence-corrected chi connectivity index (χ3v) is 3.34. The first-order chi connectivity index (χ1) is 9.52. The molecule has 0 saturated heterocycles. The van der Waals surface area contributed by atoms with Crippen LogP contribution >= 0.6 is 0 Å². The van der Waals surface area contributed by atoms with Crippen molar-refractivity contribution in [3.05, 3.63) is 58.7 Å². The Morgan fingerprint density at radius 1 is 1.00 bits per heavy atom. The fraction of sp³-hybridized carbons (Fsp3) is 0.294. The Labute approximate surface area is 118 Å². The SMILES string of the molecule is CCNCc1ccc(-c2c(C)cc(C)cc2F)cc1F. The molecule has 0 atom stereocenters. The summed E-state index contributed by atoms with van der Waals surface area (Å²) in [5, 5.41) is 3.08. The van der Waals surface area contributed by atoms with Gasteiger partial charge in [0.15, 0.2) is 0 Å². The van der Waals surface area contributed by atoms with Crippen LogP contribution in [0.4, 0.5) is 8.78 Å². The van der Waals surface area contributed by atoms with Gasteiger partial charge in [0.2, 0.25) is 0 Å². The van der Waals surface area contributed by atoms with E-state index in [2.05, 4.69) is 5.32 Å². The lowest BCUT2D eigenvalue weighted by atomic mass is 9.97. The minimum Gasteiger partial charge on any atom is -0.313 e. The predicted molar refractivity (Wildman–Crippen MR) is 78.6 cm³/mol. The second-order valence-corrected chi connectivity index (χ2v) is 5.03. The molecule has 2 aromatic carbocycles. The number of hydrogen-bond acceptors (Lipinski definition) is 1. The van der Waals surface area contributed by atoms with Gasteiger partial charge in [0.05, 0.1) is 0 Å². The van der Waals surface area contributed by atoms with Gasteiger partial charge in [-0.05, 0) is 49.2 Å². The number of rotatable bonds is 4. The molecule has 0 unspecified atom stereocenters. The van der Waals surface area contributed by atoms with Gasteiger partial charge in [-0.25, -0.2) is 8.78 Å². The van der Waals surface area contributed by atoms with E-state index in [0.29, 0.717) is 23.2 Å². The molecular formula is C17H19F2N. The van der Waals surface area contributed by atoms with E-state index in [0.717, 1.165) is 17.7 Å². The van der Waals surface area contributed by atoms with Crippen LogP contribution in [0.5, 0.6) is 0 Å². The molecule has 2 aromatic rings. The van der Waals surface area contributed by atoms with Gasteiger partial charge in [0, 0.05) is 17.7 Å². The molecule has 0 aliphatic carbocycles. The second kappa shape index (κ2) is 6.14. The first-order valence-electron chi connectivity index (χ1n) is 6.79. The fourth-order valence-corrected chi connectivity index (χ4v) is 2.39. The number of benzene rings is 2. The molecule has 0 saturated carbocycles. The van der Waals surface area contributed by atoms with Gasteiger partial charge in [0.25, 0.3) is 0 Å². The molecule has 1 nitrogen and oxygen atoms in total. The van der Waals surface area contributed by atoms with E-state index in [9.17, 15) is 8.78 Å². The van der Waals surface area contributed by atoms with Gasteiger partial charge >= 0.3 is 0 Å². The van der Waals surface area contributed by atoms with Gasteiger partial charge < -0.3 is 5.32 Å². The largest absolute Gasteiger partial charge is 0.313 e. The van der Waals surface area contributed by atoms with E-state index in [1.807, 2.05) is 26.8 Å². The number of hydrogen-bond donors (Lipinski definition) is 1. The Balaban J connectivity index is 2.42. The minimum atomic E-state index is -0.304. The van der Waals surface area contributed by atoms with Crippen LogP contribution in [0, 0.1) is 25.5 Å². The molecule has 1 N–H and O–H groups in total. The average Bonchev–Trinajstić information content (AvgIpc) is 2.36. The highest BCUT2D eigenvalue weighted by Gasteiger charge is 2.11. The summed E-state index contributed by atoms with van der Waals surface area (Å²) in [5.41, 5.74) is 3.34. The third-order valence-electron chi connectivity index (χ3n) is 3.34. The first kappa shape index (κ1) is 14.7. The zero-order valence-electron chi connectivity index (χ0n) is 12.1. The summed E-state index contributed by atoms with van der Waals surface area (Å²) in [7, 11) is 0. The minimum absolute atomic E-state index is 0.303. The molecular weight excluding hydrogens is 256 g/mol. The Kier molecular flexibility index (Phi) is 4.50. The van der Waals surface area contributed by atoms with E-state index >= 15 is 0 Å². The second-order valence-electron chi connectivity index (χ2n) is 5.03. The van der Waals surface area contributed by atoms with Crippen LogP contribution < -0.4 is 5.32 Å². The maximum Gasteiger partial charge on any atom is 0.131 e. The van der Waals surface area contributed by atoms with E-state index in [4.69, 9.17) is 0 Å². The molecule has 0 bridgehead atoms. The average molecular weight is 275 g/mol. The predicted octanol–water partition coefficient (Wildman–Crippen LogP) is 4.36. The molecule has 0 heterocycles. The number of halogens is 2. The highest BCUT2D eigenvalue weighted by molar-refractivity contribution is 5.68. The van der Waals surface area contributed by atoms with Gasteiger partial charge in [-0.2, -0.15) is 0 Å². The lowest BCUT2D eigenvalue weighted by molar-refractivity contribution is 0.593. The van der Waals surface area contributed by atoms with Crippen molar-refractivity contribution in [3.63, 3.8) is 0 Å². The van der Waals surface area contributed by atoms with E-state index < -0.39 is 0 Å². The Morgan fingerprint density at radius 2 is 1.75 bits per heavy atom. The Bertz CT molecular complexity index is 597. The van der Waals surface area contributed by atoms with Crippen molar-refractivity contribution in [1.29, 1.82) is 0 Å². The Morgan fingerprint density at radius 3 is 2.35 bits per heavy atom. The fourth-order valence-electron chi connectivity index (χ4n) is 2.39. The zero-order valence-corrected chi connectivity index (χ0v) is 12.1. The topological polar surface area (TPSA) is 12.0 Å². The Hall–Kier alpha value is -1.74. The van der Waals surface area contributed by atoms with Crippen LogP contribution in [0.3, 0.4) is 0 Å². The molecule has 3 heteroatoms. The van der Waals surface area contributed by atoms with Gasteiger partial charge in [-0.1, -0.05) is 25.1 Å². The van der Waals surface area contributed by atoms with E-state index in [1.54, 1.807) is 12.1 Å². The molecule has 0 fully saturated rings. The lowest BCUT2D eigenvalue weighted by Gasteiger charge is -2.11. The molecule has 0 aliphatic heterocycles. The highest BCUT2D eigenvalue weighted by Crippen LogP contribution is 2.29. The van der Waals surface area contributed by atoms with Crippen LogP contribution in [-0.2, 0) is 6.54 Å². The van der Waals surface area contributed by atoms with Crippen LogP contribution in [0.1, 0.15) is 23.6 Å². The summed E-state index contributed by atoms with van der Waals surface area (Å²) in [6, 6.07) is 8.28. The van der Waals surface area contributed by atoms with Crippen molar-refractivity contribution in [2.24, 2.45) is 0 Å². The molecule has 0 radical (unpaired) electrons. The molecule has 0 spiro atoms. The van der Waals surface area contributed by atoms with Crippen molar-refractivity contribution in [3.8, 4) is 11.1 Å². The van der Waals surface area contributed by atoms with Crippen molar-refractivity contribution < 1.29 is 8.78 Å². The lowest BCUT2D eigenvalue weighted by Crippen LogP contribution is -2.12. The number of nitrogens with one attached hydrogen (secondary N) is 1. The van der Waals surface area contributed by atoms with Gasteiger partial charge in [0.1, 0.15) is 11.6 Å². The standard InChI is InChI=1S/C17H19F2N/c1-4-20-10-14-6-5-13(9-15(14)18)17-12(3)7-11(2)8-16(17)19/h5-9,20H,4,10H2,1-3H3. The summed E-state index contributed by atoms with van der Waals surface area (Å²) in [5.74, 6) is -0.607. The normalized spacial score (nSPS) is 10.8. The van der Waals surface area contributed by atoms with Crippen LogP contribution in [0.2, 0.25) is 0 Å². The molecule has 106 valence electrons.